The summed E-state index contributed by atoms with van der Waals surface area (Å²) >= 11 is 0. The van der Waals surface area contributed by atoms with Crippen LogP contribution in [-0.2, 0) is 6.54 Å². The lowest BCUT2D eigenvalue weighted by molar-refractivity contribution is 0.567. The molecule has 1 rings (SSSR count). The molecule has 1 aromatic rings. The molecular formula is C9H14N2. The zero-order valence-corrected chi connectivity index (χ0v) is 6.75. The molecular weight excluding hydrogens is 136 g/mol. The van der Waals surface area contributed by atoms with Crippen molar-refractivity contribution in [3.63, 3.8) is 0 Å². The summed E-state index contributed by atoms with van der Waals surface area (Å²) in [6, 6.07) is 10.2. The third kappa shape index (κ3) is 3.16. The first-order valence-corrected chi connectivity index (χ1v) is 3.82. The summed E-state index contributed by atoms with van der Waals surface area (Å²) in [5.74, 6) is 0. The van der Waals surface area contributed by atoms with Gasteiger partial charge in [-0.3, -0.25) is 5.32 Å². The van der Waals surface area contributed by atoms with Gasteiger partial charge >= 0.3 is 0 Å². The number of nitrogens with one attached hydrogen (secondary N) is 1. The molecule has 0 fully saturated rings. The van der Waals surface area contributed by atoms with E-state index in [4.69, 9.17) is 5.73 Å². The van der Waals surface area contributed by atoms with Crippen LogP contribution < -0.4 is 11.1 Å². The van der Waals surface area contributed by atoms with Crippen LogP contribution in [0.4, 0.5) is 0 Å². The van der Waals surface area contributed by atoms with Crippen LogP contribution in [-0.4, -0.2) is 6.17 Å². The minimum absolute atomic E-state index is 0.0650. The summed E-state index contributed by atoms with van der Waals surface area (Å²) in [4.78, 5) is 0. The van der Waals surface area contributed by atoms with E-state index in [9.17, 15) is 0 Å². The van der Waals surface area contributed by atoms with Crippen LogP contribution in [0.5, 0.6) is 0 Å². The Kier molecular flexibility index (Phi) is 3.08. The SMILES string of the molecule is CC(N)NCc1ccccc1. The highest BCUT2D eigenvalue weighted by Gasteiger charge is 1.92. The van der Waals surface area contributed by atoms with E-state index in [1.807, 2.05) is 25.1 Å². The van der Waals surface area contributed by atoms with Gasteiger partial charge in [0.1, 0.15) is 0 Å². The Morgan fingerprint density at radius 1 is 1.36 bits per heavy atom. The zero-order valence-electron chi connectivity index (χ0n) is 6.75. The Bertz CT molecular complexity index is 194. The van der Waals surface area contributed by atoms with E-state index in [-0.39, 0.29) is 6.17 Å². The molecule has 1 atom stereocenters. The molecule has 2 nitrogen and oxygen atoms in total. The molecule has 60 valence electrons. The molecule has 11 heavy (non-hydrogen) atoms. The molecule has 0 aliphatic carbocycles. The molecule has 0 radical (unpaired) electrons. The van der Waals surface area contributed by atoms with E-state index in [1.54, 1.807) is 0 Å². The van der Waals surface area contributed by atoms with Crippen LogP contribution in [0.15, 0.2) is 30.3 Å². The van der Waals surface area contributed by atoms with Crippen molar-refractivity contribution in [1.82, 2.24) is 5.32 Å². The number of hydrogen-bond acceptors (Lipinski definition) is 2. The number of benzene rings is 1. The van der Waals surface area contributed by atoms with E-state index in [1.165, 1.54) is 5.56 Å². The Balaban J connectivity index is 2.39. The van der Waals surface area contributed by atoms with Gasteiger partial charge in [-0.15, -0.1) is 0 Å². The summed E-state index contributed by atoms with van der Waals surface area (Å²) in [6.07, 6.45) is 0.0650. The first-order chi connectivity index (χ1) is 5.29. The van der Waals surface area contributed by atoms with Crippen LogP contribution in [0.3, 0.4) is 0 Å². The molecule has 3 N–H and O–H groups in total. The van der Waals surface area contributed by atoms with Gasteiger partial charge < -0.3 is 5.73 Å². The van der Waals surface area contributed by atoms with Crippen molar-refractivity contribution >= 4 is 0 Å². The van der Waals surface area contributed by atoms with Crippen molar-refractivity contribution in [2.24, 2.45) is 5.73 Å². The van der Waals surface area contributed by atoms with Crippen molar-refractivity contribution in [3.8, 4) is 0 Å². The standard InChI is InChI=1S/C9H14N2/c1-8(10)11-7-9-5-3-2-4-6-9/h2-6,8,11H,7,10H2,1H3. The maximum absolute atomic E-state index is 5.53. The van der Waals surface area contributed by atoms with E-state index in [2.05, 4.69) is 17.4 Å². The van der Waals surface area contributed by atoms with Crippen LogP contribution in [0.1, 0.15) is 12.5 Å². The fourth-order valence-corrected chi connectivity index (χ4v) is 0.875. The zero-order chi connectivity index (χ0) is 8.10. The number of rotatable bonds is 3. The molecule has 0 bridgehead atoms. The first-order valence-electron chi connectivity index (χ1n) is 3.82. The van der Waals surface area contributed by atoms with Crippen molar-refractivity contribution in [3.05, 3.63) is 35.9 Å². The maximum atomic E-state index is 5.53. The minimum Gasteiger partial charge on any atom is -0.316 e. The second-order valence-corrected chi connectivity index (χ2v) is 2.66. The quantitative estimate of drug-likeness (QED) is 0.633. The highest BCUT2D eigenvalue weighted by molar-refractivity contribution is 5.14. The molecule has 2 heteroatoms. The largest absolute Gasteiger partial charge is 0.316 e. The van der Waals surface area contributed by atoms with Crippen molar-refractivity contribution in [2.45, 2.75) is 19.6 Å². The summed E-state index contributed by atoms with van der Waals surface area (Å²) in [6.45, 7) is 2.78. The van der Waals surface area contributed by atoms with Gasteiger partial charge in [-0.1, -0.05) is 30.3 Å². The van der Waals surface area contributed by atoms with E-state index >= 15 is 0 Å². The molecule has 1 aromatic carbocycles. The van der Waals surface area contributed by atoms with Crippen molar-refractivity contribution in [2.75, 3.05) is 0 Å². The topological polar surface area (TPSA) is 38.0 Å². The lowest BCUT2D eigenvalue weighted by atomic mass is 10.2. The molecule has 0 heterocycles. The van der Waals surface area contributed by atoms with Gasteiger partial charge in [0.05, 0.1) is 6.17 Å². The van der Waals surface area contributed by atoms with Gasteiger partial charge in [-0.25, -0.2) is 0 Å². The van der Waals surface area contributed by atoms with E-state index in [0.717, 1.165) is 6.54 Å². The second-order valence-electron chi connectivity index (χ2n) is 2.66. The number of nitrogens with two attached hydrogens (primary N) is 1. The van der Waals surface area contributed by atoms with Gasteiger partial charge in [0.2, 0.25) is 0 Å². The van der Waals surface area contributed by atoms with E-state index in [0.29, 0.717) is 0 Å². The third-order valence-corrected chi connectivity index (χ3v) is 1.47. The molecule has 0 aliphatic rings. The molecule has 0 amide bonds. The lowest BCUT2D eigenvalue weighted by Crippen LogP contribution is -2.33. The molecule has 0 spiro atoms. The first kappa shape index (κ1) is 8.24. The van der Waals surface area contributed by atoms with Crippen LogP contribution in [0.25, 0.3) is 0 Å². The molecule has 1 unspecified atom stereocenters. The summed E-state index contributed by atoms with van der Waals surface area (Å²) < 4.78 is 0. The van der Waals surface area contributed by atoms with Gasteiger partial charge in [-0.05, 0) is 12.5 Å². The molecule has 0 saturated carbocycles. The minimum atomic E-state index is 0.0650. The predicted molar refractivity (Wildman–Crippen MR) is 46.9 cm³/mol. The Labute approximate surface area is 67.4 Å². The Morgan fingerprint density at radius 2 is 2.00 bits per heavy atom. The van der Waals surface area contributed by atoms with Crippen LogP contribution in [0.2, 0.25) is 0 Å². The third-order valence-electron chi connectivity index (χ3n) is 1.47. The van der Waals surface area contributed by atoms with Crippen molar-refractivity contribution in [1.29, 1.82) is 0 Å². The summed E-state index contributed by atoms with van der Waals surface area (Å²) in [7, 11) is 0. The van der Waals surface area contributed by atoms with Gasteiger partial charge in [0.15, 0.2) is 0 Å². The smallest absolute Gasteiger partial charge is 0.0519 e. The summed E-state index contributed by atoms with van der Waals surface area (Å²) in [5, 5.41) is 3.14. The summed E-state index contributed by atoms with van der Waals surface area (Å²) in [5.41, 5.74) is 6.80. The van der Waals surface area contributed by atoms with Gasteiger partial charge in [0.25, 0.3) is 0 Å². The average Bonchev–Trinajstić information content (AvgIpc) is 2.03. The van der Waals surface area contributed by atoms with Crippen LogP contribution >= 0.6 is 0 Å². The van der Waals surface area contributed by atoms with Gasteiger partial charge in [-0.2, -0.15) is 0 Å². The Morgan fingerprint density at radius 3 is 2.55 bits per heavy atom. The number of hydrogen-bond donors (Lipinski definition) is 2. The average molecular weight is 150 g/mol. The van der Waals surface area contributed by atoms with Crippen molar-refractivity contribution < 1.29 is 0 Å². The normalized spacial score (nSPS) is 12.9. The highest BCUT2D eigenvalue weighted by Crippen LogP contribution is 1.96. The fraction of sp³-hybridized carbons (Fsp3) is 0.333. The highest BCUT2D eigenvalue weighted by atomic mass is 15.0. The lowest BCUT2D eigenvalue weighted by Gasteiger charge is -2.07. The predicted octanol–water partition coefficient (Wildman–Crippen LogP) is 1.08. The maximum Gasteiger partial charge on any atom is 0.0519 e. The molecule has 0 saturated heterocycles. The molecule has 0 aromatic heterocycles. The van der Waals surface area contributed by atoms with E-state index < -0.39 is 0 Å². The van der Waals surface area contributed by atoms with Gasteiger partial charge in [0, 0.05) is 6.54 Å². The van der Waals surface area contributed by atoms with Crippen LogP contribution in [0, 0.1) is 0 Å². The monoisotopic (exact) mass is 150 g/mol. The fourth-order valence-electron chi connectivity index (χ4n) is 0.875. The molecule has 0 aliphatic heterocycles. The Hall–Kier alpha value is -0.860. The second kappa shape index (κ2) is 4.11.